The summed E-state index contributed by atoms with van der Waals surface area (Å²) in [4.78, 5) is 16.4. The van der Waals surface area contributed by atoms with Gasteiger partial charge in [0.05, 0.1) is 5.69 Å². The number of hydrazine groups is 1. The molecule has 0 bridgehead atoms. The summed E-state index contributed by atoms with van der Waals surface area (Å²) in [6.45, 7) is 0. The number of benzene rings is 2. The molecule has 0 spiro atoms. The van der Waals surface area contributed by atoms with Gasteiger partial charge in [0.2, 0.25) is 5.13 Å². The first kappa shape index (κ1) is 17.5. The van der Waals surface area contributed by atoms with Crippen LogP contribution in [0.4, 0.5) is 5.13 Å². The third-order valence-electron chi connectivity index (χ3n) is 2.96. The number of anilines is 1. The zero-order chi connectivity index (χ0) is 15.4. The van der Waals surface area contributed by atoms with Gasteiger partial charge in [-0.2, -0.15) is 0 Å². The minimum absolute atomic E-state index is 0. The van der Waals surface area contributed by atoms with E-state index in [1.807, 2.05) is 35.7 Å². The molecule has 4 nitrogen and oxygen atoms in total. The molecular formula is C16H13BrClN3OS. The molecule has 118 valence electrons. The lowest BCUT2D eigenvalue weighted by atomic mass is 10.2. The van der Waals surface area contributed by atoms with E-state index in [2.05, 4.69) is 15.8 Å². The molecule has 3 aromatic rings. The number of rotatable bonds is 4. The van der Waals surface area contributed by atoms with Gasteiger partial charge in [-0.25, -0.2) is 4.98 Å². The van der Waals surface area contributed by atoms with E-state index in [-0.39, 0.29) is 22.9 Å². The maximum absolute atomic E-state index is 12.0. The normalized spacial score (nSPS) is 9.78. The van der Waals surface area contributed by atoms with Gasteiger partial charge in [0.1, 0.15) is 0 Å². The molecule has 23 heavy (non-hydrogen) atoms. The van der Waals surface area contributed by atoms with Crippen molar-refractivity contribution in [3.05, 3.63) is 70.6 Å². The highest BCUT2D eigenvalue weighted by Crippen LogP contribution is 2.24. The maximum atomic E-state index is 12.0. The molecule has 1 aromatic heterocycles. The fourth-order valence-electron chi connectivity index (χ4n) is 1.86. The monoisotopic (exact) mass is 409 g/mol. The van der Waals surface area contributed by atoms with E-state index in [9.17, 15) is 4.79 Å². The molecule has 2 N–H and O–H groups in total. The van der Waals surface area contributed by atoms with Crippen LogP contribution in [0.2, 0.25) is 5.02 Å². The highest BCUT2D eigenvalue weighted by atomic mass is 79.9. The third kappa shape index (κ3) is 4.54. The number of thiazole rings is 1. The highest BCUT2D eigenvalue weighted by molar-refractivity contribution is 8.93. The van der Waals surface area contributed by atoms with Crippen LogP contribution in [-0.2, 0) is 0 Å². The largest absolute Gasteiger partial charge is 0.273 e. The lowest BCUT2D eigenvalue weighted by Crippen LogP contribution is -2.29. The van der Waals surface area contributed by atoms with Gasteiger partial charge in [0.25, 0.3) is 5.91 Å². The van der Waals surface area contributed by atoms with Gasteiger partial charge in [0, 0.05) is 21.5 Å². The van der Waals surface area contributed by atoms with Crippen LogP contribution in [0.25, 0.3) is 11.3 Å². The average Bonchev–Trinajstić information content (AvgIpc) is 3.03. The molecule has 0 atom stereocenters. The minimum Gasteiger partial charge on any atom is -0.273 e. The van der Waals surface area contributed by atoms with Crippen LogP contribution >= 0.6 is 39.9 Å². The van der Waals surface area contributed by atoms with E-state index in [0.717, 1.165) is 11.3 Å². The number of nitrogens with one attached hydrogen (secondary N) is 2. The highest BCUT2D eigenvalue weighted by Gasteiger charge is 2.07. The number of carbonyl (C=O) groups is 1. The van der Waals surface area contributed by atoms with Crippen molar-refractivity contribution in [2.45, 2.75) is 0 Å². The molecule has 0 aliphatic rings. The predicted molar refractivity (Wildman–Crippen MR) is 100 cm³/mol. The number of amides is 1. The zero-order valence-electron chi connectivity index (χ0n) is 11.8. The summed E-state index contributed by atoms with van der Waals surface area (Å²) >= 11 is 7.22. The zero-order valence-corrected chi connectivity index (χ0v) is 15.1. The van der Waals surface area contributed by atoms with E-state index in [1.165, 1.54) is 11.3 Å². The Bertz CT molecular complexity index is 778. The Morgan fingerprint density at radius 3 is 2.43 bits per heavy atom. The molecular weight excluding hydrogens is 398 g/mol. The quantitative estimate of drug-likeness (QED) is 0.608. The summed E-state index contributed by atoms with van der Waals surface area (Å²) in [5.74, 6) is -0.242. The van der Waals surface area contributed by atoms with Gasteiger partial charge in [-0.05, 0) is 24.3 Å². The molecule has 0 radical (unpaired) electrons. The molecule has 0 unspecified atom stereocenters. The number of hydrogen-bond acceptors (Lipinski definition) is 4. The SMILES string of the molecule is Br.O=C(NNc1nc(-c2ccccc2)cs1)c1ccc(Cl)cc1. The Kier molecular flexibility index (Phi) is 6.15. The van der Waals surface area contributed by atoms with Crippen LogP contribution in [0.15, 0.2) is 60.0 Å². The standard InChI is InChI=1S/C16H12ClN3OS.BrH/c17-13-8-6-12(7-9-13)15(21)19-20-16-18-14(10-22-16)11-4-2-1-3-5-11;/h1-10H,(H,18,20)(H,19,21);1H. The molecule has 0 saturated carbocycles. The van der Waals surface area contributed by atoms with Crippen molar-refractivity contribution < 1.29 is 4.79 Å². The molecule has 1 amide bonds. The summed E-state index contributed by atoms with van der Waals surface area (Å²) in [6, 6.07) is 16.5. The molecule has 0 aliphatic heterocycles. The van der Waals surface area contributed by atoms with Crippen LogP contribution in [0, 0.1) is 0 Å². The third-order valence-corrected chi connectivity index (χ3v) is 3.97. The van der Waals surface area contributed by atoms with Gasteiger partial charge in [-0.3, -0.25) is 15.6 Å². The fraction of sp³-hybridized carbons (Fsp3) is 0. The van der Waals surface area contributed by atoms with Crippen molar-refractivity contribution in [2.24, 2.45) is 0 Å². The van der Waals surface area contributed by atoms with E-state index >= 15 is 0 Å². The number of aromatic nitrogens is 1. The van der Waals surface area contributed by atoms with Gasteiger partial charge < -0.3 is 0 Å². The van der Waals surface area contributed by atoms with Crippen molar-refractivity contribution in [3.8, 4) is 11.3 Å². The van der Waals surface area contributed by atoms with Crippen LogP contribution in [-0.4, -0.2) is 10.9 Å². The molecule has 0 aliphatic carbocycles. The number of hydrogen-bond donors (Lipinski definition) is 2. The summed E-state index contributed by atoms with van der Waals surface area (Å²) in [7, 11) is 0. The van der Waals surface area contributed by atoms with Gasteiger partial charge in [0.15, 0.2) is 0 Å². The molecule has 0 saturated heterocycles. The van der Waals surface area contributed by atoms with E-state index in [0.29, 0.717) is 15.7 Å². The van der Waals surface area contributed by atoms with Gasteiger partial charge in [-0.15, -0.1) is 28.3 Å². The first-order valence-corrected chi connectivity index (χ1v) is 7.81. The summed E-state index contributed by atoms with van der Waals surface area (Å²) in [5, 5.41) is 3.16. The predicted octanol–water partition coefficient (Wildman–Crippen LogP) is 4.80. The van der Waals surface area contributed by atoms with Crippen molar-refractivity contribution in [3.63, 3.8) is 0 Å². The average molecular weight is 411 g/mol. The van der Waals surface area contributed by atoms with Crippen LogP contribution in [0.3, 0.4) is 0 Å². The number of halogens is 2. The summed E-state index contributed by atoms with van der Waals surface area (Å²) in [5.41, 5.74) is 7.87. The molecule has 1 heterocycles. The Balaban J connectivity index is 0.00000192. The van der Waals surface area contributed by atoms with Crippen molar-refractivity contribution in [1.29, 1.82) is 0 Å². The van der Waals surface area contributed by atoms with Gasteiger partial charge >= 0.3 is 0 Å². The molecule has 7 heteroatoms. The second kappa shape index (κ2) is 8.10. The maximum Gasteiger partial charge on any atom is 0.269 e. The molecule has 2 aromatic carbocycles. The fourth-order valence-corrected chi connectivity index (χ4v) is 2.66. The minimum atomic E-state index is -0.242. The molecule has 3 rings (SSSR count). The van der Waals surface area contributed by atoms with E-state index < -0.39 is 0 Å². The second-order valence-electron chi connectivity index (χ2n) is 4.49. The Morgan fingerprint density at radius 1 is 1.04 bits per heavy atom. The van der Waals surface area contributed by atoms with Crippen molar-refractivity contribution >= 4 is 51.0 Å². The number of nitrogens with zero attached hydrogens (tertiary/aromatic N) is 1. The first-order valence-electron chi connectivity index (χ1n) is 6.55. The first-order chi connectivity index (χ1) is 10.7. The Morgan fingerprint density at radius 2 is 1.74 bits per heavy atom. The Hall–Kier alpha value is -1.89. The smallest absolute Gasteiger partial charge is 0.269 e. The number of carbonyl (C=O) groups excluding carboxylic acids is 1. The van der Waals surface area contributed by atoms with E-state index in [1.54, 1.807) is 24.3 Å². The Labute approximate surface area is 153 Å². The van der Waals surface area contributed by atoms with Crippen LogP contribution in [0.5, 0.6) is 0 Å². The van der Waals surface area contributed by atoms with Crippen LogP contribution in [0.1, 0.15) is 10.4 Å². The van der Waals surface area contributed by atoms with Gasteiger partial charge in [-0.1, -0.05) is 41.9 Å². The van der Waals surface area contributed by atoms with Crippen molar-refractivity contribution in [1.82, 2.24) is 10.4 Å². The summed E-state index contributed by atoms with van der Waals surface area (Å²) < 4.78 is 0. The van der Waals surface area contributed by atoms with Crippen LogP contribution < -0.4 is 10.9 Å². The lowest BCUT2D eigenvalue weighted by molar-refractivity contribution is 0.0962. The summed E-state index contributed by atoms with van der Waals surface area (Å²) in [6.07, 6.45) is 0. The lowest BCUT2D eigenvalue weighted by Gasteiger charge is -2.05. The topological polar surface area (TPSA) is 54.0 Å². The molecule has 0 fully saturated rings. The van der Waals surface area contributed by atoms with Crippen molar-refractivity contribution in [2.75, 3.05) is 5.43 Å². The second-order valence-corrected chi connectivity index (χ2v) is 5.78. The van der Waals surface area contributed by atoms with E-state index in [4.69, 9.17) is 11.6 Å².